The summed E-state index contributed by atoms with van der Waals surface area (Å²) in [6, 6.07) is 7.84. The number of piperidine rings is 1. The number of ether oxygens (including phenoxy) is 1. The van der Waals surface area contributed by atoms with E-state index >= 15 is 0 Å². The van der Waals surface area contributed by atoms with E-state index in [1.54, 1.807) is 0 Å². The first-order valence-corrected chi connectivity index (χ1v) is 7.48. The number of likely N-dealkylation sites (tertiary alicyclic amines) is 1. The van der Waals surface area contributed by atoms with Crippen LogP contribution in [0.25, 0.3) is 0 Å². The number of benzene rings is 1. The average molecular weight is 275 g/mol. The zero-order chi connectivity index (χ0) is 14.7. The van der Waals surface area contributed by atoms with Gasteiger partial charge in [-0.1, -0.05) is 26.0 Å². The van der Waals surface area contributed by atoms with E-state index in [2.05, 4.69) is 13.8 Å². The van der Waals surface area contributed by atoms with Crippen LogP contribution in [0.3, 0.4) is 0 Å². The van der Waals surface area contributed by atoms with Crippen LogP contribution in [0.4, 0.5) is 0 Å². The summed E-state index contributed by atoms with van der Waals surface area (Å²) >= 11 is 0. The van der Waals surface area contributed by atoms with Crippen LogP contribution in [0.5, 0.6) is 5.75 Å². The predicted octanol–water partition coefficient (Wildman–Crippen LogP) is 3.27. The molecule has 0 spiro atoms. The van der Waals surface area contributed by atoms with Crippen molar-refractivity contribution in [2.45, 2.75) is 40.2 Å². The van der Waals surface area contributed by atoms with Gasteiger partial charge < -0.3 is 9.64 Å². The van der Waals surface area contributed by atoms with E-state index in [-0.39, 0.29) is 5.91 Å². The lowest BCUT2D eigenvalue weighted by molar-refractivity contribution is -0.140. The van der Waals surface area contributed by atoms with E-state index in [9.17, 15) is 4.79 Å². The van der Waals surface area contributed by atoms with Gasteiger partial charge in [-0.15, -0.1) is 0 Å². The molecule has 3 nitrogen and oxygen atoms in total. The van der Waals surface area contributed by atoms with Gasteiger partial charge >= 0.3 is 0 Å². The summed E-state index contributed by atoms with van der Waals surface area (Å²) in [4.78, 5) is 14.4. The topological polar surface area (TPSA) is 29.5 Å². The zero-order valence-electron chi connectivity index (χ0n) is 12.9. The first-order valence-electron chi connectivity index (χ1n) is 7.48. The molecule has 0 aliphatic carbocycles. The van der Waals surface area contributed by atoms with Crippen molar-refractivity contribution in [2.75, 3.05) is 13.1 Å². The van der Waals surface area contributed by atoms with Crippen molar-refractivity contribution in [2.24, 2.45) is 11.8 Å². The molecule has 1 heterocycles. The van der Waals surface area contributed by atoms with Crippen molar-refractivity contribution >= 4 is 5.91 Å². The quantitative estimate of drug-likeness (QED) is 0.847. The van der Waals surface area contributed by atoms with Crippen molar-refractivity contribution in [3.63, 3.8) is 0 Å². The van der Waals surface area contributed by atoms with E-state index in [0.717, 1.165) is 24.4 Å². The smallest absolute Gasteiger partial charge is 0.263 e. The monoisotopic (exact) mass is 275 g/mol. The minimum Gasteiger partial charge on any atom is -0.481 e. The van der Waals surface area contributed by atoms with Gasteiger partial charge in [0.25, 0.3) is 5.91 Å². The highest BCUT2D eigenvalue weighted by molar-refractivity contribution is 5.81. The molecule has 1 aliphatic heterocycles. The summed E-state index contributed by atoms with van der Waals surface area (Å²) in [6.07, 6.45) is 0.783. The fraction of sp³-hybridized carbons (Fsp3) is 0.588. The highest BCUT2D eigenvalue weighted by Gasteiger charge is 2.29. The van der Waals surface area contributed by atoms with Gasteiger partial charge in [0.1, 0.15) is 5.75 Å². The minimum atomic E-state index is -0.422. The minimum absolute atomic E-state index is 0.102. The molecule has 0 saturated carbocycles. The lowest BCUT2D eigenvalue weighted by Gasteiger charge is -2.36. The van der Waals surface area contributed by atoms with E-state index < -0.39 is 6.10 Å². The first kappa shape index (κ1) is 14.9. The molecule has 0 unspecified atom stereocenters. The highest BCUT2D eigenvalue weighted by Crippen LogP contribution is 2.22. The number of carbonyl (C=O) groups is 1. The number of amides is 1. The summed E-state index contributed by atoms with van der Waals surface area (Å²) in [7, 11) is 0. The standard InChI is InChI=1S/C17H25NO2/c1-12-6-5-7-16(9-12)20-15(4)17(19)18-10-13(2)8-14(3)11-18/h5-7,9,13-15H,8,10-11H2,1-4H3/t13-,14-,15+/m1/s1. The lowest BCUT2D eigenvalue weighted by atomic mass is 9.91. The Morgan fingerprint density at radius 3 is 2.55 bits per heavy atom. The summed E-state index contributed by atoms with van der Waals surface area (Å²) < 4.78 is 5.79. The second-order valence-corrected chi connectivity index (χ2v) is 6.27. The molecule has 1 fully saturated rings. The van der Waals surface area contributed by atoms with E-state index in [0.29, 0.717) is 11.8 Å². The third-order valence-corrected chi connectivity index (χ3v) is 3.83. The summed E-state index contributed by atoms with van der Waals surface area (Å²) in [5.74, 6) is 2.02. The van der Waals surface area contributed by atoms with Gasteiger partial charge in [-0.05, 0) is 49.8 Å². The molecule has 2 rings (SSSR count). The predicted molar refractivity (Wildman–Crippen MR) is 80.8 cm³/mol. The number of aryl methyl sites for hydroxylation is 1. The van der Waals surface area contributed by atoms with E-state index in [1.807, 2.05) is 43.0 Å². The van der Waals surface area contributed by atoms with Crippen molar-refractivity contribution in [1.29, 1.82) is 0 Å². The van der Waals surface area contributed by atoms with Gasteiger partial charge in [0.05, 0.1) is 0 Å². The maximum Gasteiger partial charge on any atom is 0.263 e. The molecule has 20 heavy (non-hydrogen) atoms. The molecule has 1 aromatic rings. The molecule has 1 aromatic carbocycles. The Morgan fingerprint density at radius 2 is 1.95 bits per heavy atom. The summed E-state index contributed by atoms with van der Waals surface area (Å²) in [6.45, 7) is 9.99. The van der Waals surface area contributed by atoms with Crippen molar-refractivity contribution in [1.82, 2.24) is 4.90 Å². The first-order chi connectivity index (χ1) is 9.45. The molecular weight excluding hydrogens is 250 g/mol. The fourth-order valence-corrected chi connectivity index (χ4v) is 3.04. The highest BCUT2D eigenvalue weighted by atomic mass is 16.5. The van der Waals surface area contributed by atoms with Crippen LogP contribution in [-0.4, -0.2) is 30.0 Å². The van der Waals surface area contributed by atoms with Gasteiger partial charge in [-0.2, -0.15) is 0 Å². The maximum absolute atomic E-state index is 12.5. The Bertz CT molecular complexity index is 462. The Balaban J connectivity index is 1.98. The maximum atomic E-state index is 12.5. The zero-order valence-corrected chi connectivity index (χ0v) is 12.9. The van der Waals surface area contributed by atoms with Crippen LogP contribution in [0.15, 0.2) is 24.3 Å². The van der Waals surface area contributed by atoms with Gasteiger partial charge in [0.2, 0.25) is 0 Å². The normalized spacial score (nSPS) is 24.3. The number of rotatable bonds is 3. The molecule has 0 radical (unpaired) electrons. The Labute approximate surface area is 121 Å². The molecule has 3 atom stereocenters. The molecule has 0 bridgehead atoms. The molecular formula is C17H25NO2. The van der Waals surface area contributed by atoms with Gasteiger partial charge in [-0.3, -0.25) is 4.79 Å². The Kier molecular flexibility index (Phi) is 4.69. The van der Waals surface area contributed by atoms with Gasteiger partial charge in [0, 0.05) is 13.1 Å². The lowest BCUT2D eigenvalue weighted by Crippen LogP contribution is -2.47. The second-order valence-electron chi connectivity index (χ2n) is 6.27. The Hall–Kier alpha value is -1.51. The fourth-order valence-electron chi connectivity index (χ4n) is 3.04. The number of hydrogen-bond acceptors (Lipinski definition) is 2. The molecule has 0 N–H and O–H groups in total. The van der Waals surface area contributed by atoms with Crippen LogP contribution in [0.2, 0.25) is 0 Å². The van der Waals surface area contributed by atoms with Crippen molar-refractivity contribution in [3.05, 3.63) is 29.8 Å². The molecule has 1 saturated heterocycles. The number of carbonyl (C=O) groups excluding carboxylic acids is 1. The number of nitrogens with zero attached hydrogens (tertiary/aromatic N) is 1. The van der Waals surface area contributed by atoms with Crippen LogP contribution < -0.4 is 4.74 Å². The van der Waals surface area contributed by atoms with E-state index in [1.165, 1.54) is 6.42 Å². The number of hydrogen-bond donors (Lipinski definition) is 0. The molecule has 1 amide bonds. The van der Waals surface area contributed by atoms with Crippen LogP contribution in [-0.2, 0) is 4.79 Å². The average Bonchev–Trinajstić information content (AvgIpc) is 2.36. The third-order valence-electron chi connectivity index (χ3n) is 3.83. The van der Waals surface area contributed by atoms with Crippen LogP contribution >= 0.6 is 0 Å². The SMILES string of the molecule is Cc1cccc(O[C@@H](C)C(=O)N2C[C@H](C)C[C@@H](C)C2)c1. The Morgan fingerprint density at radius 1 is 1.30 bits per heavy atom. The summed E-state index contributed by atoms with van der Waals surface area (Å²) in [5.41, 5.74) is 1.14. The van der Waals surface area contributed by atoms with Crippen molar-refractivity contribution in [3.8, 4) is 5.75 Å². The largest absolute Gasteiger partial charge is 0.481 e. The summed E-state index contributed by atoms with van der Waals surface area (Å²) in [5, 5.41) is 0. The molecule has 3 heteroatoms. The molecule has 1 aliphatic rings. The van der Waals surface area contributed by atoms with Crippen molar-refractivity contribution < 1.29 is 9.53 Å². The third kappa shape index (κ3) is 3.75. The van der Waals surface area contributed by atoms with Gasteiger partial charge in [-0.25, -0.2) is 0 Å². The van der Waals surface area contributed by atoms with Crippen LogP contribution in [0, 0.1) is 18.8 Å². The molecule has 110 valence electrons. The molecule has 0 aromatic heterocycles. The van der Waals surface area contributed by atoms with Gasteiger partial charge in [0.15, 0.2) is 6.10 Å². The van der Waals surface area contributed by atoms with E-state index in [4.69, 9.17) is 4.74 Å². The van der Waals surface area contributed by atoms with Crippen LogP contribution in [0.1, 0.15) is 32.8 Å². The second kappa shape index (κ2) is 6.29.